The summed E-state index contributed by atoms with van der Waals surface area (Å²) < 4.78 is 0. The van der Waals surface area contributed by atoms with E-state index in [0.717, 1.165) is 24.0 Å². The summed E-state index contributed by atoms with van der Waals surface area (Å²) in [6.45, 7) is 5.88. The number of nitrogens with zero attached hydrogens (tertiary/aromatic N) is 1. The second kappa shape index (κ2) is 6.19. The maximum Gasteiger partial charge on any atom is 0.00963 e. The van der Waals surface area contributed by atoms with Gasteiger partial charge in [-0.1, -0.05) is 6.92 Å². The van der Waals surface area contributed by atoms with Gasteiger partial charge in [0.25, 0.3) is 0 Å². The molecule has 2 aliphatic carbocycles. The Morgan fingerprint density at radius 3 is 2.29 bits per heavy atom. The Labute approximate surface area is 107 Å². The van der Waals surface area contributed by atoms with E-state index in [0.29, 0.717) is 0 Å². The third kappa shape index (κ3) is 3.69. The maximum atomic E-state index is 3.68. The first-order valence-electron chi connectivity index (χ1n) is 7.67. The summed E-state index contributed by atoms with van der Waals surface area (Å²) in [6, 6.07) is 2.47. The molecule has 0 bridgehead atoms. The second-order valence-electron chi connectivity index (χ2n) is 6.20. The molecule has 1 N–H and O–H groups in total. The van der Waals surface area contributed by atoms with Crippen LogP contribution in [0.4, 0.5) is 0 Å². The van der Waals surface area contributed by atoms with Gasteiger partial charge in [0, 0.05) is 18.1 Å². The molecule has 17 heavy (non-hydrogen) atoms. The van der Waals surface area contributed by atoms with Crippen molar-refractivity contribution in [3.63, 3.8) is 0 Å². The third-order valence-electron chi connectivity index (χ3n) is 4.90. The van der Waals surface area contributed by atoms with E-state index in [9.17, 15) is 0 Å². The molecule has 2 aliphatic rings. The molecule has 0 aromatic rings. The van der Waals surface area contributed by atoms with Crippen LogP contribution in [0.3, 0.4) is 0 Å². The molecule has 2 saturated carbocycles. The Balaban J connectivity index is 1.70. The summed E-state index contributed by atoms with van der Waals surface area (Å²) >= 11 is 0. The molecule has 2 fully saturated rings. The van der Waals surface area contributed by atoms with Crippen LogP contribution in [0.5, 0.6) is 0 Å². The molecule has 0 saturated heterocycles. The first kappa shape index (κ1) is 13.4. The standard InChI is InChI=1S/C15H30N2/c1-4-11-16-14-7-9-15(10-8-14)17(3)12(2)13-5-6-13/h12-16H,4-11H2,1-3H3. The largest absolute Gasteiger partial charge is 0.314 e. The van der Waals surface area contributed by atoms with Crippen molar-refractivity contribution in [2.24, 2.45) is 5.92 Å². The molecular weight excluding hydrogens is 208 g/mol. The Bertz CT molecular complexity index is 217. The quantitative estimate of drug-likeness (QED) is 0.765. The number of hydrogen-bond donors (Lipinski definition) is 1. The first-order chi connectivity index (χ1) is 8.22. The molecule has 0 aromatic heterocycles. The van der Waals surface area contributed by atoms with Crippen LogP contribution in [0.2, 0.25) is 0 Å². The van der Waals surface area contributed by atoms with Gasteiger partial charge in [-0.25, -0.2) is 0 Å². The van der Waals surface area contributed by atoms with Gasteiger partial charge in [0.1, 0.15) is 0 Å². The van der Waals surface area contributed by atoms with Crippen LogP contribution in [0.1, 0.15) is 58.8 Å². The van der Waals surface area contributed by atoms with E-state index < -0.39 is 0 Å². The van der Waals surface area contributed by atoms with Gasteiger partial charge in [-0.2, -0.15) is 0 Å². The van der Waals surface area contributed by atoms with Gasteiger partial charge in [0.15, 0.2) is 0 Å². The predicted octanol–water partition coefficient (Wildman–Crippen LogP) is 3.03. The lowest BCUT2D eigenvalue weighted by molar-refractivity contribution is 0.123. The van der Waals surface area contributed by atoms with Crippen LogP contribution in [0.15, 0.2) is 0 Å². The minimum absolute atomic E-state index is 0.802. The van der Waals surface area contributed by atoms with Crippen molar-refractivity contribution < 1.29 is 0 Å². The Hall–Kier alpha value is -0.0800. The molecule has 0 spiro atoms. The van der Waals surface area contributed by atoms with E-state index in [1.165, 1.54) is 51.5 Å². The van der Waals surface area contributed by atoms with Crippen molar-refractivity contribution in [2.75, 3.05) is 13.6 Å². The van der Waals surface area contributed by atoms with Crippen LogP contribution in [0.25, 0.3) is 0 Å². The van der Waals surface area contributed by atoms with Crippen LogP contribution in [-0.4, -0.2) is 36.6 Å². The lowest BCUT2D eigenvalue weighted by atomic mass is 9.89. The zero-order valence-corrected chi connectivity index (χ0v) is 11.9. The molecular formula is C15H30N2. The van der Waals surface area contributed by atoms with E-state index in [2.05, 4.69) is 31.1 Å². The number of nitrogens with one attached hydrogen (secondary N) is 1. The molecule has 2 rings (SSSR count). The Morgan fingerprint density at radius 1 is 1.12 bits per heavy atom. The summed E-state index contributed by atoms with van der Waals surface area (Å²) in [7, 11) is 2.35. The lowest BCUT2D eigenvalue weighted by Gasteiger charge is -2.38. The van der Waals surface area contributed by atoms with Gasteiger partial charge in [0.05, 0.1) is 0 Å². The van der Waals surface area contributed by atoms with Crippen molar-refractivity contribution >= 4 is 0 Å². The van der Waals surface area contributed by atoms with E-state index in [-0.39, 0.29) is 0 Å². The predicted molar refractivity (Wildman–Crippen MR) is 74.3 cm³/mol. The van der Waals surface area contributed by atoms with Crippen molar-refractivity contribution in [1.29, 1.82) is 0 Å². The van der Waals surface area contributed by atoms with Gasteiger partial charge < -0.3 is 10.2 Å². The highest BCUT2D eigenvalue weighted by molar-refractivity contribution is 4.89. The summed E-state index contributed by atoms with van der Waals surface area (Å²) in [5.41, 5.74) is 0. The fourth-order valence-corrected chi connectivity index (χ4v) is 3.28. The highest BCUT2D eigenvalue weighted by Gasteiger charge is 2.34. The van der Waals surface area contributed by atoms with Crippen molar-refractivity contribution in [2.45, 2.75) is 76.9 Å². The first-order valence-corrected chi connectivity index (χ1v) is 7.67. The number of rotatable bonds is 6. The van der Waals surface area contributed by atoms with E-state index in [1.807, 2.05) is 0 Å². The van der Waals surface area contributed by atoms with Gasteiger partial charge in [-0.3, -0.25) is 0 Å². The molecule has 0 radical (unpaired) electrons. The second-order valence-corrected chi connectivity index (χ2v) is 6.20. The van der Waals surface area contributed by atoms with Crippen LogP contribution in [-0.2, 0) is 0 Å². The average Bonchev–Trinajstić information content (AvgIpc) is 3.19. The van der Waals surface area contributed by atoms with Gasteiger partial charge in [-0.05, 0) is 71.4 Å². The number of hydrogen-bond acceptors (Lipinski definition) is 2. The molecule has 2 nitrogen and oxygen atoms in total. The summed E-state index contributed by atoms with van der Waals surface area (Å²) in [5.74, 6) is 1.01. The van der Waals surface area contributed by atoms with Crippen molar-refractivity contribution in [3.8, 4) is 0 Å². The fourth-order valence-electron chi connectivity index (χ4n) is 3.28. The van der Waals surface area contributed by atoms with E-state index in [4.69, 9.17) is 0 Å². The van der Waals surface area contributed by atoms with Crippen LogP contribution < -0.4 is 5.32 Å². The smallest absolute Gasteiger partial charge is 0.00963 e. The van der Waals surface area contributed by atoms with Gasteiger partial charge in [0.2, 0.25) is 0 Å². The topological polar surface area (TPSA) is 15.3 Å². The fraction of sp³-hybridized carbons (Fsp3) is 1.00. The van der Waals surface area contributed by atoms with Crippen molar-refractivity contribution in [3.05, 3.63) is 0 Å². The summed E-state index contributed by atoms with van der Waals surface area (Å²) in [5, 5.41) is 3.68. The SMILES string of the molecule is CCCNC1CCC(N(C)C(C)C2CC2)CC1. The zero-order chi connectivity index (χ0) is 12.3. The minimum atomic E-state index is 0.802. The molecule has 0 amide bonds. The maximum absolute atomic E-state index is 3.68. The van der Waals surface area contributed by atoms with E-state index in [1.54, 1.807) is 0 Å². The Morgan fingerprint density at radius 2 is 1.76 bits per heavy atom. The molecule has 1 unspecified atom stereocenters. The lowest BCUT2D eigenvalue weighted by Crippen LogP contribution is -2.44. The van der Waals surface area contributed by atoms with Gasteiger partial charge in [-0.15, -0.1) is 0 Å². The highest BCUT2D eigenvalue weighted by Crippen LogP contribution is 2.36. The van der Waals surface area contributed by atoms with Crippen LogP contribution >= 0.6 is 0 Å². The molecule has 2 heteroatoms. The third-order valence-corrected chi connectivity index (χ3v) is 4.90. The zero-order valence-electron chi connectivity index (χ0n) is 11.9. The Kier molecular flexibility index (Phi) is 4.87. The normalized spacial score (nSPS) is 31.8. The molecule has 100 valence electrons. The molecule has 1 atom stereocenters. The minimum Gasteiger partial charge on any atom is -0.314 e. The molecule has 0 heterocycles. The molecule has 0 aliphatic heterocycles. The summed E-state index contributed by atoms with van der Waals surface area (Å²) in [4.78, 5) is 2.67. The van der Waals surface area contributed by atoms with E-state index >= 15 is 0 Å². The highest BCUT2D eigenvalue weighted by atomic mass is 15.2. The monoisotopic (exact) mass is 238 g/mol. The summed E-state index contributed by atoms with van der Waals surface area (Å²) in [6.07, 6.45) is 9.76. The molecule has 0 aromatic carbocycles. The van der Waals surface area contributed by atoms with Crippen LogP contribution in [0, 0.1) is 5.92 Å². The average molecular weight is 238 g/mol. The van der Waals surface area contributed by atoms with Gasteiger partial charge >= 0.3 is 0 Å². The van der Waals surface area contributed by atoms with Crippen molar-refractivity contribution in [1.82, 2.24) is 10.2 Å².